The van der Waals surface area contributed by atoms with E-state index in [1.807, 2.05) is 62.4 Å². The van der Waals surface area contributed by atoms with E-state index in [0.29, 0.717) is 13.0 Å². The Hall–Kier alpha value is -2.33. The summed E-state index contributed by atoms with van der Waals surface area (Å²) in [4.78, 5) is 12.2. The van der Waals surface area contributed by atoms with Crippen LogP contribution in [0, 0.1) is 13.8 Å². The number of para-hydroxylation sites is 1. The Balaban J connectivity index is 1.90. The molecule has 0 saturated heterocycles. The first-order valence-electron chi connectivity index (χ1n) is 8.66. The zero-order valence-corrected chi connectivity index (χ0v) is 15.2. The number of benzene rings is 2. The van der Waals surface area contributed by atoms with Gasteiger partial charge in [0.15, 0.2) is 6.61 Å². The molecule has 0 aliphatic heterocycles. The molecule has 0 spiro atoms. The van der Waals surface area contributed by atoms with E-state index in [1.54, 1.807) is 6.92 Å². The first-order valence-corrected chi connectivity index (χ1v) is 8.66. The van der Waals surface area contributed by atoms with Crippen LogP contribution in [0.5, 0.6) is 5.75 Å². The highest BCUT2D eigenvalue weighted by molar-refractivity contribution is 5.77. The number of ether oxygens (including phenoxy) is 1. The zero-order chi connectivity index (χ0) is 18.2. The molecule has 4 heteroatoms. The second-order valence-electron chi connectivity index (χ2n) is 6.51. The minimum absolute atomic E-state index is 0.0120. The molecule has 25 heavy (non-hydrogen) atoms. The highest BCUT2D eigenvalue weighted by atomic mass is 16.5. The fraction of sp³-hybridized carbons (Fsp3) is 0.381. The van der Waals surface area contributed by atoms with Crippen molar-refractivity contribution in [3.8, 4) is 5.75 Å². The maximum atomic E-state index is 12.2. The first kappa shape index (κ1) is 19.0. The minimum Gasteiger partial charge on any atom is -0.483 e. The summed E-state index contributed by atoms with van der Waals surface area (Å²) in [6, 6.07) is 15.8. The van der Waals surface area contributed by atoms with E-state index in [1.165, 1.54) is 0 Å². The third kappa shape index (κ3) is 5.91. The van der Waals surface area contributed by atoms with Gasteiger partial charge in [-0.2, -0.15) is 0 Å². The standard InChI is InChI=1S/C21H27NO3/c1-15-8-7-9-16(2)21(15)25-14-20(24)22-13-19(12-17(3)23)18-10-5-4-6-11-18/h4-11,17,19,23H,12-14H2,1-3H3,(H,22,24). The van der Waals surface area contributed by atoms with E-state index in [4.69, 9.17) is 4.74 Å². The van der Waals surface area contributed by atoms with Crippen LogP contribution in [0.2, 0.25) is 0 Å². The van der Waals surface area contributed by atoms with Gasteiger partial charge in [0.2, 0.25) is 0 Å². The number of aryl methyl sites for hydroxylation is 2. The molecule has 2 unspecified atom stereocenters. The number of hydrogen-bond acceptors (Lipinski definition) is 3. The second-order valence-corrected chi connectivity index (χ2v) is 6.51. The SMILES string of the molecule is Cc1cccc(C)c1OCC(=O)NCC(CC(C)O)c1ccccc1. The average Bonchev–Trinajstić information content (AvgIpc) is 2.58. The minimum atomic E-state index is -0.423. The number of rotatable bonds is 8. The summed E-state index contributed by atoms with van der Waals surface area (Å²) in [6.45, 7) is 6.16. The Bertz CT molecular complexity index is 663. The van der Waals surface area contributed by atoms with Crippen LogP contribution in [-0.4, -0.2) is 30.3 Å². The molecule has 2 N–H and O–H groups in total. The van der Waals surface area contributed by atoms with Crippen molar-refractivity contribution in [1.29, 1.82) is 0 Å². The monoisotopic (exact) mass is 341 g/mol. The van der Waals surface area contributed by atoms with Crippen LogP contribution in [0.4, 0.5) is 0 Å². The van der Waals surface area contributed by atoms with Crippen molar-refractivity contribution in [2.45, 2.75) is 39.2 Å². The summed E-state index contributed by atoms with van der Waals surface area (Å²) in [6.07, 6.45) is 0.176. The quantitative estimate of drug-likeness (QED) is 0.774. The van der Waals surface area contributed by atoms with Gasteiger partial charge in [-0.05, 0) is 43.9 Å². The molecule has 0 aromatic heterocycles. The molecule has 2 rings (SSSR count). The predicted octanol–water partition coefficient (Wildman–Crippen LogP) is 3.35. The number of aliphatic hydroxyl groups is 1. The number of hydrogen-bond donors (Lipinski definition) is 2. The summed E-state index contributed by atoms with van der Waals surface area (Å²) in [5, 5.41) is 12.6. The van der Waals surface area contributed by atoms with Gasteiger partial charge in [-0.3, -0.25) is 4.79 Å². The number of carbonyl (C=O) groups is 1. The molecule has 2 atom stereocenters. The van der Waals surface area contributed by atoms with Gasteiger partial charge in [0.1, 0.15) is 5.75 Å². The Labute approximate surface area is 149 Å². The molecule has 2 aromatic carbocycles. The fourth-order valence-electron chi connectivity index (χ4n) is 2.93. The van der Waals surface area contributed by atoms with Crippen LogP contribution in [-0.2, 0) is 4.79 Å². The highest BCUT2D eigenvalue weighted by Crippen LogP contribution is 2.22. The number of amides is 1. The molecule has 0 radical (unpaired) electrons. The summed E-state index contributed by atoms with van der Waals surface area (Å²) in [5.41, 5.74) is 3.15. The lowest BCUT2D eigenvalue weighted by molar-refractivity contribution is -0.123. The molecule has 0 heterocycles. The molecule has 0 fully saturated rings. The van der Waals surface area contributed by atoms with Crippen molar-refractivity contribution in [3.05, 3.63) is 65.2 Å². The van der Waals surface area contributed by atoms with Crippen LogP contribution in [0.25, 0.3) is 0 Å². The van der Waals surface area contributed by atoms with E-state index >= 15 is 0 Å². The lowest BCUT2D eigenvalue weighted by Gasteiger charge is -2.20. The van der Waals surface area contributed by atoms with Gasteiger partial charge < -0.3 is 15.2 Å². The van der Waals surface area contributed by atoms with Crippen LogP contribution < -0.4 is 10.1 Å². The maximum Gasteiger partial charge on any atom is 0.257 e. The molecule has 1 amide bonds. The highest BCUT2D eigenvalue weighted by Gasteiger charge is 2.16. The molecule has 0 aliphatic rings. The largest absolute Gasteiger partial charge is 0.483 e. The molecule has 0 bridgehead atoms. The molecule has 134 valence electrons. The molecule has 0 aliphatic carbocycles. The molecule has 0 saturated carbocycles. The van der Waals surface area contributed by atoms with Crippen molar-refractivity contribution >= 4 is 5.91 Å². The van der Waals surface area contributed by atoms with E-state index in [2.05, 4.69) is 5.32 Å². The molecule has 4 nitrogen and oxygen atoms in total. The van der Waals surface area contributed by atoms with E-state index in [9.17, 15) is 9.90 Å². The summed E-state index contributed by atoms with van der Waals surface area (Å²) < 4.78 is 5.69. The first-order chi connectivity index (χ1) is 12.0. The summed E-state index contributed by atoms with van der Waals surface area (Å²) in [5.74, 6) is 0.681. The van der Waals surface area contributed by atoms with Gasteiger partial charge in [0, 0.05) is 12.5 Å². The zero-order valence-electron chi connectivity index (χ0n) is 15.2. The number of nitrogens with one attached hydrogen (secondary N) is 1. The van der Waals surface area contributed by atoms with Crippen molar-refractivity contribution in [2.24, 2.45) is 0 Å². The van der Waals surface area contributed by atoms with Gasteiger partial charge >= 0.3 is 0 Å². The summed E-state index contributed by atoms with van der Waals surface area (Å²) in [7, 11) is 0. The van der Waals surface area contributed by atoms with Crippen LogP contribution in [0.1, 0.15) is 36.0 Å². The maximum absolute atomic E-state index is 12.2. The van der Waals surface area contributed by atoms with Gasteiger partial charge in [-0.25, -0.2) is 0 Å². The van der Waals surface area contributed by atoms with Gasteiger partial charge in [-0.15, -0.1) is 0 Å². The van der Waals surface area contributed by atoms with E-state index in [0.717, 1.165) is 22.4 Å². The third-order valence-corrected chi connectivity index (χ3v) is 4.20. The normalized spacial score (nSPS) is 13.1. The number of aliphatic hydroxyl groups excluding tert-OH is 1. The third-order valence-electron chi connectivity index (χ3n) is 4.20. The van der Waals surface area contributed by atoms with Gasteiger partial charge in [0.25, 0.3) is 5.91 Å². The van der Waals surface area contributed by atoms with Crippen molar-refractivity contribution < 1.29 is 14.6 Å². The smallest absolute Gasteiger partial charge is 0.257 e. The second kappa shape index (κ2) is 9.23. The Kier molecular flexibility index (Phi) is 7.02. The fourth-order valence-corrected chi connectivity index (χ4v) is 2.93. The Morgan fingerprint density at radius 1 is 1.08 bits per heavy atom. The average molecular weight is 341 g/mol. The van der Waals surface area contributed by atoms with Gasteiger partial charge in [-0.1, -0.05) is 48.5 Å². The van der Waals surface area contributed by atoms with Crippen LogP contribution >= 0.6 is 0 Å². The van der Waals surface area contributed by atoms with Gasteiger partial charge in [0.05, 0.1) is 6.10 Å². The number of carbonyl (C=O) groups excluding carboxylic acids is 1. The summed E-state index contributed by atoms with van der Waals surface area (Å²) >= 11 is 0. The lowest BCUT2D eigenvalue weighted by Crippen LogP contribution is -2.33. The Morgan fingerprint density at radius 3 is 2.32 bits per heavy atom. The Morgan fingerprint density at radius 2 is 1.72 bits per heavy atom. The molecular formula is C21H27NO3. The van der Waals surface area contributed by atoms with E-state index in [-0.39, 0.29) is 18.4 Å². The topological polar surface area (TPSA) is 58.6 Å². The van der Waals surface area contributed by atoms with Crippen molar-refractivity contribution in [2.75, 3.05) is 13.2 Å². The van der Waals surface area contributed by atoms with Crippen LogP contribution in [0.3, 0.4) is 0 Å². The lowest BCUT2D eigenvalue weighted by atomic mass is 9.93. The predicted molar refractivity (Wildman–Crippen MR) is 99.9 cm³/mol. The van der Waals surface area contributed by atoms with Crippen LogP contribution in [0.15, 0.2) is 48.5 Å². The molecule has 2 aromatic rings. The molecular weight excluding hydrogens is 314 g/mol. The van der Waals surface area contributed by atoms with Crippen molar-refractivity contribution in [1.82, 2.24) is 5.32 Å². The van der Waals surface area contributed by atoms with Crippen molar-refractivity contribution in [3.63, 3.8) is 0 Å². The van der Waals surface area contributed by atoms with E-state index < -0.39 is 6.10 Å².